The van der Waals surface area contributed by atoms with E-state index in [1.165, 1.54) is 6.42 Å². The van der Waals surface area contributed by atoms with Crippen molar-refractivity contribution in [3.63, 3.8) is 0 Å². The van der Waals surface area contributed by atoms with Crippen LogP contribution < -0.4 is 6.15 Å². The molecule has 2 fully saturated rings. The molecule has 0 unspecified atom stereocenters. The van der Waals surface area contributed by atoms with Crippen molar-refractivity contribution in [2.45, 2.75) is 26.2 Å². The molecule has 0 aromatic rings. The summed E-state index contributed by atoms with van der Waals surface area (Å²) in [7, 11) is 0. The lowest BCUT2D eigenvalue weighted by molar-refractivity contribution is -0.131. The van der Waals surface area contributed by atoms with Crippen LogP contribution in [0.5, 0.6) is 0 Å². The van der Waals surface area contributed by atoms with Gasteiger partial charge in [-0.2, -0.15) is 0 Å². The first-order valence-electron chi connectivity index (χ1n) is 4.56. The van der Waals surface area contributed by atoms with Crippen LogP contribution in [-0.4, -0.2) is 23.9 Å². The van der Waals surface area contributed by atoms with Gasteiger partial charge in [-0.1, -0.05) is 6.92 Å². The highest BCUT2D eigenvalue weighted by atomic mass is 16.2. The maximum atomic E-state index is 11.5. The van der Waals surface area contributed by atoms with Crippen molar-refractivity contribution in [3.05, 3.63) is 0 Å². The van der Waals surface area contributed by atoms with Crippen molar-refractivity contribution >= 4 is 5.91 Å². The maximum absolute atomic E-state index is 11.5. The predicted octanol–water partition coefficient (Wildman–Crippen LogP) is 1.43. The van der Waals surface area contributed by atoms with E-state index < -0.39 is 0 Å². The van der Waals surface area contributed by atoms with E-state index in [9.17, 15) is 4.79 Å². The van der Waals surface area contributed by atoms with Gasteiger partial charge in [0.15, 0.2) is 0 Å². The third kappa shape index (κ3) is 1.78. The largest absolute Gasteiger partial charge is 0.344 e. The Kier molecular flexibility index (Phi) is 2.73. The Balaban J connectivity index is 0.000000720. The van der Waals surface area contributed by atoms with Crippen molar-refractivity contribution in [1.82, 2.24) is 11.1 Å². The molecule has 12 heavy (non-hydrogen) atoms. The van der Waals surface area contributed by atoms with Crippen LogP contribution in [0.4, 0.5) is 0 Å². The number of carbonyl (C=O) groups is 1. The van der Waals surface area contributed by atoms with Crippen LogP contribution in [0.1, 0.15) is 26.2 Å². The maximum Gasteiger partial charge on any atom is 0.225 e. The number of nitrogens with zero attached hydrogens (tertiary/aromatic N) is 1. The molecule has 0 aromatic carbocycles. The molecule has 70 valence electrons. The van der Waals surface area contributed by atoms with Crippen molar-refractivity contribution in [1.29, 1.82) is 0 Å². The molecular weight excluding hydrogens is 152 g/mol. The van der Waals surface area contributed by atoms with Crippen molar-refractivity contribution in [3.8, 4) is 0 Å². The van der Waals surface area contributed by atoms with Crippen LogP contribution in [0.15, 0.2) is 0 Å². The zero-order valence-electron chi connectivity index (χ0n) is 7.75. The van der Waals surface area contributed by atoms with Gasteiger partial charge in [0, 0.05) is 19.0 Å². The minimum Gasteiger partial charge on any atom is -0.344 e. The Labute approximate surface area is 73.7 Å². The Morgan fingerprint density at radius 2 is 2.00 bits per heavy atom. The fourth-order valence-corrected chi connectivity index (χ4v) is 1.72. The summed E-state index contributed by atoms with van der Waals surface area (Å²) in [5.41, 5.74) is 0. The van der Waals surface area contributed by atoms with Crippen molar-refractivity contribution in [2.75, 3.05) is 13.1 Å². The van der Waals surface area contributed by atoms with E-state index in [4.69, 9.17) is 0 Å². The average Bonchev–Trinajstić information content (AvgIpc) is 2.74. The van der Waals surface area contributed by atoms with Gasteiger partial charge >= 0.3 is 0 Å². The highest BCUT2D eigenvalue weighted by molar-refractivity contribution is 5.81. The van der Waals surface area contributed by atoms with Crippen LogP contribution >= 0.6 is 0 Å². The van der Waals surface area contributed by atoms with E-state index in [0.717, 1.165) is 31.8 Å². The second kappa shape index (κ2) is 3.44. The van der Waals surface area contributed by atoms with E-state index >= 15 is 0 Å². The molecule has 0 bridgehead atoms. The number of hydrogen-bond donors (Lipinski definition) is 1. The van der Waals surface area contributed by atoms with Gasteiger partial charge in [-0.3, -0.25) is 4.79 Å². The van der Waals surface area contributed by atoms with Crippen LogP contribution in [0, 0.1) is 11.8 Å². The van der Waals surface area contributed by atoms with Crippen molar-refractivity contribution in [2.24, 2.45) is 11.8 Å². The first-order chi connectivity index (χ1) is 5.27. The van der Waals surface area contributed by atoms with Crippen molar-refractivity contribution < 1.29 is 4.79 Å². The molecule has 0 spiro atoms. The number of rotatable bonds is 1. The summed E-state index contributed by atoms with van der Waals surface area (Å²) in [5, 5.41) is 0. The lowest BCUT2D eigenvalue weighted by atomic mass is 10.2. The monoisotopic (exact) mass is 170 g/mol. The second-order valence-electron chi connectivity index (χ2n) is 3.95. The van der Waals surface area contributed by atoms with Gasteiger partial charge in [0.05, 0.1) is 0 Å². The highest BCUT2D eigenvalue weighted by Gasteiger charge is 2.35. The highest BCUT2D eigenvalue weighted by Crippen LogP contribution is 2.32. The first kappa shape index (κ1) is 9.52. The van der Waals surface area contributed by atoms with E-state index in [1.54, 1.807) is 0 Å². The van der Waals surface area contributed by atoms with Gasteiger partial charge < -0.3 is 11.1 Å². The van der Waals surface area contributed by atoms with E-state index in [1.807, 2.05) is 4.90 Å². The van der Waals surface area contributed by atoms with Gasteiger partial charge in [-0.25, -0.2) is 0 Å². The standard InChI is InChI=1S/C9H15NO.H3N/c1-7-4-5-10(6-7)9(11)8-2-3-8;/h7-8H,2-6H2,1H3;1H3/t7-;/m1./s1. The summed E-state index contributed by atoms with van der Waals surface area (Å²) < 4.78 is 0. The summed E-state index contributed by atoms with van der Waals surface area (Å²) in [6.45, 7) is 4.24. The topological polar surface area (TPSA) is 55.3 Å². The zero-order chi connectivity index (χ0) is 7.84. The predicted molar refractivity (Wildman–Crippen MR) is 48.1 cm³/mol. The molecule has 3 N–H and O–H groups in total. The average molecular weight is 170 g/mol. The molecule has 0 aromatic heterocycles. The zero-order valence-corrected chi connectivity index (χ0v) is 7.75. The number of hydrogen-bond acceptors (Lipinski definition) is 2. The SMILES string of the molecule is C[C@@H]1CCN(C(=O)C2CC2)C1.N. The summed E-state index contributed by atoms with van der Waals surface area (Å²) in [4.78, 5) is 13.5. The summed E-state index contributed by atoms with van der Waals surface area (Å²) in [5.74, 6) is 1.58. The smallest absolute Gasteiger partial charge is 0.225 e. The molecule has 2 rings (SSSR count). The van der Waals surface area contributed by atoms with Gasteiger partial charge in [-0.15, -0.1) is 0 Å². The third-order valence-corrected chi connectivity index (χ3v) is 2.66. The minimum atomic E-state index is 0. The fourth-order valence-electron chi connectivity index (χ4n) is 1.72. The molecule has 1 amide bonds. The number of likely N-dealkylation sites (tertiary alicyclic amines) is 1. The summed E-state index contributed by atoms with van der Waals surface area (Å²) in [6.07, 6.45) is 3.49. The molecular formula is C9H18N2O. The Bertz CT molecular complexity index is 177. The van der Waals surface area contributed by atoms with E-state index in [-0.39, 0.29) is 6.15 Å². The Morgan fingerprint density at radius 1 is 1.33 bits per heavy atom. The molecule has 1 aliphatic carbocycles. The fraction of sp³-hybridized carbons (Fsp3) is 0.889. The van der Waals surface area contributed by atoms with Gasteiger partial charge in [0.1, 0.15) is 0 Å². The molecule has 1 aliphatic heterocycles. The van der Waals surface area contributed by atoms with E-state index in [0.29, 0.717) is 11.8 Å². The first-order valence-corrected chi connectivity index (χ1v) is 4.56. The molecule has 1 saturated carbocycles. The van der Waals surface area contributed by atoms with Crippen LogP contribution in [0.25, 0.3) is 0 Å². The molecule has 1 heterocycles. The normalized spacial score (nSPS) is 28.4. The molecule has 1 atom stereocenters. The molecule has 0 radical (unpaired) electrons. The Hall–Kier alpha value is -0.570. The number of carbonyl (C=O) groups excluding carboxylic acids is 1. The van der Waals surface area contributed by atoms with Gasteiger partial charge in [-0.05, 0) is 25.2 Å². The lowest BCUT2D eigenvalue weighted by Crippen LogP contribution is -2.29. The van der Waals surface area contributed by atoms with E-state index in [2.05, 4.69) is 6.92 Å². The summed E-state index contributed by atoms with van der Waals surface area (Å²) >= 11 is 0. The molecule has 1 saturated heterocycles. The molecule has 3 heteroatoms. The molecule has 2 aliphatic rings. The minimum absolute atomic E-state index is 0. The van der Waals surface area contributed by atoms with Gasteiger partial charge in [0.25, 0.3) is 0 Å². The quantitative estimate of drug-likeness (QED) is 0.647. The third-order valence-electron chi connectivity index (χ3n) is 2.66. The summed E-state index contributed by atoms with van der Waals surface area (Å²) in [6, 6.07) is 0. The van der Waals surface area contributed by atoms with Gasteiger partial charge in [0.2, 0.25) is 5.91 Å². The van der Waals surface area contributed by atoms with Crippen LogP contribution in [-0.2, 0) is 4.79 Å². The number of amides is 1. The van der Waals surface area contributed by atoms with Crippen LogP contribution in [0.2, 0.25) is 0 Å². The Morgan fingerprint density at radius 3 is 2.42 bits per heavy atom. The van der Waals surface area contributed by atoms with Crippen LogP contribution in [0.3, 0.4) is 0 Å². The second-order valence-corrected chi connectivity index (χ2v) is 3.95. The lowest BCUT2D eigenvalue weighted by Gasteiger charge is -2.14. The molecule has 3 nitrogen and oxygen atoms in total.